The Morgan fingerprint density at radius 3 is 2.47 bits per heavy atom. The number of carbonyl (C=O) groups is 2. The number of hydrogen-bond acceptors (Lipinski definition) is 6. The summed E-state index contributed by atoms with van der Waals surface area (Å²) in [5.74, 6) is 0.970. The normalized spacial score (nSPS) is 10.5. The number of hydrazone groups is 1. The molecule has 0 radical (unpaired) electrons. The van der Waals surface area contributed by atoms with Crippen molar-refractivity contribution in [1.82, 2.24) is 5.43 Å². The van der Waals surface area contributed by atoms with Crippen LogP contribution in [0.1, 0.15) is 25.3 Å². The zero-order chi connectivity index (χ0) is 21.9. The summed E-state index contributed by atoms with van der Waals surface area (Å²) in [6.07, 6.45) is 2.02. The van der Waals surface area contributed by atoms with Crippen LogP contribution < -0.4 is 25.0 Å². The van der Waals surface area contributed by atoms with Gasteiger partial charge < -0.3 is 19.5 Å². The molecule has 2 aromatic carbocycles. The Morgan fingerprint density at radius 2 is 1.83 bits per heavy atom. The number of amides is 2. The highest BCUT2D eigenvalue weighted by atomic mass is 127. The third kappa shape index (κ3) is 7.21. The highest BCUT2D eigenvalue weighted by Crippen LogP contribution is 2.33. The van der Waals surface area contributed by atoms with Crippen LogP contribution in [0.2, 0.25) is 0 Å². The zero-order valence-corrected chi connectivity index (χ0v) is 19.2. The maximum Gasteiger partial charge on any atom is 0.249 e. The molecule has 2 rings (SSSR count). The Labute approximate surface area is 189 Å². The fourth-order valence-electron chi connectivity index (χ4n) is 2.40. The van der Waals surface area contributed by atoms with E-state index in [1.807, 2.05) is 13.0 Å². The van der Waals surface area contributed by atoms with Crippen LogP contribution in [-0.4, -0.2) is 38.9 Å². The van der Waals surface area contributed by atoms with Crippen molar-refractivity contribution in [1.29, 1.82) is 0 Å². The zero-order valence-electron chi connectivity index (χ0n) is 17.0. The van der Waals surface area contributed by atoms with Crippen molar-refractivity contribution < 1.29 is 23.8 Å². The second-order valence-corrected chi connectivity index (χ2v) is 7.29. The van der Waals surface area contributed by atoms with Gasteiger partial charge in [-0.1, -0.05) is 6.92 Å². The Kier molecular flexibility index (Phi) is 9.39. The van der Waals surface area contributed by atoms with Gasteiger partial charge in [0.1, 0.15) is 12.2 Å². The third-order valence-corrected chi connectivity index (χ3v) is 4.60. The van der Waals surface area contributed by atoms with Gasteiger partial charge in [0, 0.05) is 5.69 Å². The fraction of sp³-hybridized carbons (Fsp3) is 0.286. The molecule has 0 bridgehead atoms. The van der Waals surface area contributed by atoms with Crippen LogP contribution in [0.4, 0.5) is 5.69 Å². The van der Waals surface area contributed by atoms with Crippen molar-refractivity contribution in [2.24, 2.45) is 5.10 Å². The number of ether oxygens (including phenoxy) is 3. The summed E-state index contributed by atoms with van der Waals surface area (Å²) in [7, 11) is 3.12. The molecule has 0 aliphatic rings. The third-order valence-electron chi connectivity index (χ3n) is 3.80. The molecule has 160 valence electrons. The predicted molar refractivity (Wildman–Crippen MR) is 123 cm³/mol. The van der Waals surface area contributed by atoms with E-state index in [1.54, 1.807) is 44.6 Å². The molecule has 30 heavy (non-hydrogen) atoms. The minimum atomic E-state index is -0.526. The summed E-state index contributed by atoms with van der Waals surface area (Å²) in [4.78, 5) is 23.9. The number of benzene rings is 2. The van der Waals surface area contributed by atoms with E-state index in [1.165, 1.54) is 6.21 Å². The number of rotatable bonds is 10. The second kappa shape index (κ2) is 12.0. The van der Waals surface area contributed by atoms with Crippen molar-refractivity contribution in [3.8, 4) is 17.2 Å². The van der Waals surface area contributed by atoms with Gasteiger partial charge in [0.25, 0.3) is 0 Å². The molecule has 0 saturated heterocycles. The molecule has 9 heteroatoms. The maximum absolute atomic E-state index is 12.0. The van der Waals surface area contributed by atoms with E-state index in [0.29, 0.717) is 29.5 Å². The topological polar surface area (TPSA) is 98.2 Å². The van der Waals surface area contributed by atoms with Gasteiger partial charge >= 0.3 is 0 Å². The van der Waals surface area contributed by atoms with Crippen LogP contribution in [0.15, 0.2) is 41.5 Å². The summed E-state index contributed by atoms with van der Waals surface area (Å²) in [6.45, 7) is 2.62. The Morgan fingerprint density at radius 1 is 1.10 bits per heavy atom. The average molecular weight is 525 g/mol. The van der Waals surface area contributed by atoms with Crippen molar-refractivity contribution in [2.75, 3.05) is 26.1 Å². The van der Waals surface area contributed by atoms with Gasteiger partial charge in [-0.3, -0.25) is 9.59 Å². The first-order chi connectivity index (χ1) is 14.5. The lowest BCUT2D eigenvalue weighted by atomic mass is 10.2. The lowest BCUT2D eigenvalue weighted by Gasteiger charge is -2.12. The average Bonchev–Trinajstić information content (AvgIpc) is 2.73. The maximum atomic E-state index is 12.0. The second-order valence-electron chi connectivity index (χ2n) is 6.13. The summed E-state index contributed by atoms with van der Waals surface area (Å²) in [6, 6.07) is 10.4. The van der Waals surface area contributed by atoms with E-state index in [9.17, 15) is 9.59 Å². The standard InChI is InChI=1S/C21H24IN3O5/c1-4-9-30-21-17(22)10-14(11-18(21)29-3)13-23-25-20(27)12-19(26)24-15-5-7-16(28-2)8-6-15/h5-8,10-11,13H,4,9,12H2,1-3H3,(H,24,26)(H,25,27). The van der Waals surface area contributed by atoms with Crippen LogP contribution in [-0.2, 0) is 9.59 Å². The molecule has 0 aliphatic heterocycles. The Balaban J connectivity index is 1.90. The summed E-state index contributed by atoms with van der Waals surface area (Å²) < 4.78 is 17.0. The van der Waals surface area contributed by atoms with Crippen LogP contribution >= 0.6 is 22.6 Å². The van der Waals surface area contributed by atoms with Gasteiger partial charge in [-0.25, -0.2) is 5.43 Å². The number of anilines is 1. The molecule has 2 amide bonds. The summed E-state index contributed by atoms with van der Waals surface area (Å²) in [5.41, 5.74) is 3.65. The first-order valence-corrected chi connectivity index (χ1v) is 10.3. The van der Waals surface area contributed by atoms with E-state index in [4.69, 9.17) is 14.2 Å². The molecule has 0 aromatic heterocycles. The number of carbonyl (C=O) groups excluding carboxylic acids is 2. The smallest absolute Gasteiger partial charge is 0.249 e. The molecule has 0 unspecified atom stereocenters. The number of halogens is 1. The lowest BCUT2D eigenvalue weighted by Crippen LogP contribution is -2.24. The van der Waals surface area contributed by atoms with Gasteiger partial charge in [-0.05, 0) is 71.0 Å². The summed E-state index contributed by atoms with van der Waals surface area (Å²) >= 11 is 2.16. The minimum absolute atomic E-state index is 0.353. The first kappa shape index (κ1) is 23.5. The molecule has 2 aromatic rings. The van der Waals surface area contributed by atoms with Gasteiger partial charge in [0.15, 0.2) is 11.5 Å². The highest BCUT2D eigenvalue weighted by Gasteiger charge is 2.12. The number of nitrogens with one attached hydrogen (secondary N) is 2. The van der Waals surface area contributed by atoms with Crippen molar-refractivity contribution in [3.05, 3.63) is 45.5 Å². The van der Waals surface area contributed by atoms with E-state index in [2.05, 4.69) is 38.4 Å². The molecule has 0 fully saturated rings. The van der Waals surface area contributed by atoms with Crippen LogP contribution in [0.25, 0.3) is 0 Å². The van der Waals surface area contributed by atoms with Crippen molar-refractivity contribution >= 4 is 46.3 Å². The van der Waals surface area contributed by atoms with Crippen molar-refractivity contribution in [3.63, 3.8) is 0 Å². The summed E-state index contributed by atoms with van der Waals surface area (Å²) in [5, 5.41) is 6.55. The number of nitrogens with zero attached hydrogens (tertiary/aromatic N) is 1. The molecule has 8 nitrogen and oxygen atoms in total. The van der Waals surface area contributed by atoms with Crippen molar-refractivity contribution in [2.45, 2.75) is 19.8 Å². The molecular weight excluding hydrogens is 501 g/mol. The van der Waals surface area contributed by atoms with E-state index in [0.717, 1.165) is 15.6 Å². The molecule has 2 N–H and O–H groups in total. The molecular formula is C21H24IN3O5. The number of hydrogen-bond donors (Lipinski definition) is 2. The molecule has 0 aliphatic carbocycles. The van der Waals surface area contributed by atoms with Crippen LogP contribution in [0.5, 0.6) is 17.2 Å². The van der Waals surface area contributed by atoms with E-state index in [-0.39, 0.29) is 6.42 Å². The quantitative estimate of drug-likeness (QED) is 0.214. The Bertz CT molecular complexity index is 900. The molecule has 0 saturated carbocycles. The molecule has 0 spiro atoms. The van der Waals surface area contributed by atoms with Gasteiger partial charge in [0.2, 0.25) is 11.8 Å². The molecule has 0 atom stereocenters. The van der Waals surface area contributed by atoms with Gasteiger partial charge in [-0.15, -0.1) is 0 Å². The lowest BCUT2D eigenvalue weighted by molar-refractivity contribution is -0.126. The minimum Gasteiger partial charge on any atom is -0.497 e. The predicted octanol–water partition coefficient (Wildman–Crippen LogP) is 3.58. The largest absolute Gasteiger partial charge is 0.497 e. The van der Waals surface area contributed by atoms with Crippen LogP contribution in [0, 0.1) is 3.57 Å². The number of methoxy groups -OCH3 is 2. The monoisotopic (exact) mass is 525 g/mol. The first-order valence-electron chi connectivity index (χ1n) is 9.23. The van der Waals surface area contributed by atoms with E-state index >= 15 is 0 Å². The van der Waals surface area contributed by atoms with Gasteiger partial charge in [0.05, 0.1) is 30.6 Å². The highest BCUT2D eigenvalue weighted by molar-refractivity contribution is 14.1. The SMILES string of the molecule is CCCOc1c(I)cc(C=NNC(=O)CC(=O)Nc2ccc(OC)cc2)cc1OC. The van der Waals surface area contributed by atoms with E-state index < -0.39 is 11.8 Å². The Hall–Kier alpha value is -2.82. The molecule has 0 heterocycles. The van der Waals surface area contributed by atoms with Gasteiger partial charge in [-0.2, -0.15) is 5.10 Å². The van der Waals surface area contributed by atoms with Crippen LogP contribution in [0.3, 0.4) is 0 Å². The fourth-order valence-corrected chi connectivity index (χ4v) is 3.18.